The Kier molecular flexibility index (Phi) is 7.52. The number of methoxy groups -OCH3 is 1. The smallest absolute Gasteiger partial charge is 0.126 e. The van der Waals surface area contributed by atoms with Crippen molar-refractivity contribution in [1.82, 2.24) is 4.90 Å². The maximum Gasteiger partial charge on any atom is 0.126 e. The predicted molar refractivity (Wildman–Crippen MR) is 114 cm³/mol. The molecule has 1 aliphatic heterocycles. The lowest BCUT2D eigenvalue weighted by atomic mass is 9.76. The Hall–Kier alpha value is -2.30. The van der Waals surface area contributed by atoms with Crippen LogP contribution in [0.1, 0.15) is 24.8 Å². The van der Waals surface area contributed by atoms with Crippen LogP contribution in [0.25, 0.3) is 6.08 Å². The van der Waals surface area contributed by atoms with Gasteiger partial charge < -0.3 is 14.6 Å². The summed E-state index contributed by atoms with van der Waals surface area (Å²) in [4.78, 5) is 2.44. The fourth-order valence-corrected chi connectivity index (χ4v) is 3.73. The third-order valence-electron chi connectivity index (χ3n) is 5.70. The van der Waals surface area contributed by atoms with E-state index in [1.54, 1.807) is 7.11 Å². The maximum absolute atomic E-state index is 10.0. The summed E-state index contributed by atoms with van der Waals surface area (Å²) in [7, 11) is 1.70. The molecule has 0 atom stereocenters. The lowest BCUT2D eigenvalue weighted by Gasteiger charge is -2.40. The minimum absolute atomic E-state index is 0.0162. The second-order valence-corrected chi connectivity index (χ2v) is 7.51. The number of benzene rings is 2. The summed E-state index contributed by atoms with van der Waals surface area (Å²) >= 11 is 0. The number of rotatable bonds is 9. The fourth-order valence-electron chi connectivity index (χ4n) is 3.73. The van der Waals surface area contributed by atoms with Gasteiger partial charge in [-0.25, -0.2) is 0 Å². The molecule has 4 nitrogen and oxygen atoms in total. The van der Waals surface area contributed by atoms with Crippen LogP contribution >= 0.6 is 0 Å². The molecule has 150 valence electrons. The summed E-state index contributed by atoms with van der Waals surface area (Å²) in [5.74, 6) is 1.80. The van der Waals surface area contributed by atoms with Gasteiger partial charge in [-0.15, -0.1) is 0 Å². The highest BCUT2D eigenvalue weighted by Gasteiger charge is 2.33. The number of hydrogen-bond acceptors (Lipinski definition) is 4. The van der Waals surface area contributed by atoms with Crippen LogP contribution in [-0.4, -0.2) is 50.0 Å². The van der Waals surface area contributed by atoms with Crippen molar-refractivity contribution in [2.24, 2.45) is 5.41 Å². The van der Waals surface area contributed by atoms with Gasteiger partial charge >= 0.3 is 0 Å². The SMILES string of the molecule is COc1ccccc1C=CCN1CCC(CO)(CCOc2ccccc2)CC1. The van der Waals surface area contributed by atoms with E-state index in [9.17, 15) is 5.11 Å². The van der Waals surface area contributed by atoms with Crippen molar-refractivity contribution in [1.29, 1.82) is 0 Å². The number of aliphatic hydroxyl groups is 1. The minimum atomic E-state index is -0.0162. The molecule has 0 aromatic heterocycles. The normalized spacial score (nSPS) is 16.9. The molecule has 0 unspecified atom stereocenters. The summed E-state index contributed by atoms with van der Waals surface area (Å²) in [6.45, 7) is 3.80. The van der Waals surface area contributed by atoms with Crippen LogP contribution in [0, 0.1) is 5.41 Å². The zero-order valence-corrected chi connectivity index (χ0v) is 16.7. The van der Waals surface area contributed by atoms with Crippen molar-refractivity contribution in [3.8, 4) is 11.5 Å². The van der Waals surface area contributed by atoms with Crippen LogP contribution in [0.3, 0.4) is 0 Å². The van der Waals surface area contributed by atoms with Crippen LogP contribution in [0.4, 0.5) is 0 Å². The van der Waals surface area contributed by atoms with Crippen molar-refractivity contribution < 1.29 is 14.6 Å². The van der Waals surface area contributed by atoms with Crippen molar-refractivity contribution >= 4 is 6.08 Å². The molecule has 1 fully saturated rings. The topological polar surface area (TPSA) is 41.9 Å². The molecule has 28 heavy (non-hydrogen) atoms. The van der Waals surface area contributed by atoms with Gasteiger partial charge in [0, 0.05) is 18.7 Å². The van der Waals surface area contributed by atoms with Crippen molar-refractivity contribution in [3.63, 3.8) is 0 Å². The number of para-hydroxylation sites is 2. The fraction of sp³-hybridized carbons (Fsp3) is 0.417. The zero-order chi connectivity index (χ0) is 19.7. The molecular formula is C24H31NO3. The van der Waals surface area contributed by atoms with Gasteiger partial charge in [0.25, 0.3) is 0 Å². The number of nitrogens with zero attached hydrogens (tertiary/aromatic N) is 1. The summed E-state index contributed by atoms with van der Waals surface area (Å²) in [6, 6.07) is 17.9. The van der Waals surface area contributed by atoms with E-state index in [0.29, 0.717) is 6.61 Å². The van der Waals surface area contributed by atoms with E-state index in [1.807, 2.05) is 48.5 Å². The van der Waals surface area contributed by atoms with Gasteiger partial charge in [0.05, 0.1) is 13.7 Å². The van der Waals surface area contributed by atoms with E-state index in [2.05, 4.69) is 23.1 Å². The molecule has 0 saturated carbocycles. The molecule has 2 aromatic carbocycles. The van der Waals surface area contributed by atoms with Crippen LogP contribution in [0.5, 0.6) is 11.5 Å². The molecule has 0 spiro atoms. The van der Waals surface area contributed by atoms with Gasteiger partial charge in [-0.05, 0) is 56.0 Å². The number of piperidine rings is 1. The summed E-state index contributed by atoms with van der Waals surface area (Å²) in [5.41, 5.74) is 1.09. The molecule has 0 bridgehead atoms. The summed E-state index contributed by atoms with van der Waals surface area (Å²) in [5, 5.41) is 10.0. The number of hydrogen-bond donors (Lipinski definition) is 1. The first-order valence-electron chi connectivity index (χ1n) is 10.1. The molecule has 3 rings (SSSR count). The van der Waals surface area contributed by atoms with Crippen molar-refractivity contribution in [2.75, 3.05) is 40.0 Å². The Morgan fingerprint density at radius 1 is 1.04 bits per heavy atom. The number of likely N-dealkylation sites (tertiary alicyclic amines) is 1. The highest BCUT2D eigenvalue weighted by molar-refractivity contribution is 5.57. The van der Waals surface area contributed by atoms with Crippen molar-refractivity contribution in [2.45, 2.75) is 19.3 Å². The molecule has 2 aromatic rings. The van der Waals surface area contributed by atoms with Gasteiger partial charge in [-0.1, -0.05) is 48.6 Å². The summed E-state index contributed by atoms with van der Waals surface area (Å²) in [6.07, 6.45) is 7.22. The zero-order valence-electron chi connectivity index (χ0n) is 16.7. The van der Waals surface area contributed by atoms with Crippen LogP contribution < -0.4 is 9.47 Å². The maximum atomic E-state index is 10.0. The van der Waals surface area contributed by atoms with Crippen LogP contribution in [0.2, 0.25) is 0 Å². The molecular weight excluding hydrogens is 350 g/mol. The Morgan fingerprint density at radius 2 is 1.75 bits per heavy atom. The molecule has 1 N–H and O–H groups in total. The second kappa shape index (κ2) is 10.3. The standard InChI is InChI=1S/C24H31NO3/c1-27-23-12-6-5-8-21(23)9-7-16-25-17-13-24(20-26,14-18-25)15-19-28-22-10-3-2-4-11-22/h2-12,26H,13-20H2,1H3. The molecule has 4 heteroatoms. The van der Waals surface area contributed by atoms with Gasteiger partial charge in [0.1, 0.15) is 11.5 Å². The first-order valence-corrected chi connectivity index (χ1v) is 10.1. The molecule has 0 amide bonds. The highest BCUT2D eigenvalue weighted by Crippen LogP contribution is 2.34. The molecule has 0 aliphatic carbocycles. The van der Waals surface area contributed by atoms with Gasteiger partial charge in [-0.3, -0.25) is 4.90 Å². The van der Waals surface area contributed by atoms with E-state index >= 15 is 0 Å². The van der Waals surface area contributed by atoms with E-state index in [4.69, 9.17) is 9.47 Å². The van der Waals surface area contributed by atoms with Crippen molar-refractivity contribution in [3.05, 3.63) is 66.2 Å². The molecule has 1 saturated heterocycles. The Morgan fingerprint density at radius 3 is 2.46 bits per heavy atom. The highest BCUT2D eigenvalue weighted by atomic mass is 16.5. The third kappa shape index (κ3) is 5.60. The van der Waals surface area contributed by atoms with Gasteiger partial charge in [0.15, 0.2) is 0 Å². The summed E-state index contributed by atoms with van der Waals surface area (Å²) < 4.78 is 11.2. The molecule has 1 heterocycles. The Balaban J connectivity index is 1.45. The number of aliphatic hydroxyl groups excluding tert-OH is 1. The minimum Gasteiger partial charge on any atom is -0.496 e. The van der Waals surface area contributed by atoms with E-state index in [0.717, 1.165) is 56.0 Å². The lowest BCUT2D eigenvalue weighted by molar-refractivity contribution is 0.0302. The third-order valence-corrected chi connectivity index (χ3v) is 5.70. The van der Waals surface area contributed by atoms with Crippen LogP contribution in [-0.2, 0) is 0 Å². The quantitative estimate of drug-likeness (QED) is 0.705. The van der Waals surface area contributed by atoms with E-state index in [-0.39, 0.29) is 12.0 Å². The second-order valence-electron chi connectivity index (χ2n) is 7.51. The Bertz CT molecular complexity index is 737. The first kappa shape index (κ1) is 20.4. The monoisotopic (exact) mass is 381 g/mol. The average Bonchev–Trinajstić information content (AvgIpc) is 2.76. The van der Waals surface area contributed by atoms with E-state index in [1.165, 1.54) is 0 Å². The number of ether oxygens (including phenoxy) is 2. The molecule has 0 radical (unpaired) electrons. The van der Waals surface area contributed by atoms with Gasteiger partial charge in [-0.2, -0.15) is 0 Å². The first-order chi connectivity index (χ1) is 13.7. The largest absolute Gasteiger partial charge is 0.496 e. The molecule has 1 aliphatic rings. The lowest BCUT2D eigenvalue weighted by Crippen LogP contribution is -2.42. The van der Waals surface area contributed by atoms with Gasteiger partial charge in [0.2, 0.25) is 0 Å². The Labute approximate surface area is 168 Å². The predicted octanol–water partition coefficient (Wildman–Crippen LogP) is 4.25. The van der Waals surface area contributed by atoms with E-state index < -0.39 is 0 Å². The average molecular weight is 382 g/mol. The van der Waals surface area contributed by atoms with Crippen LogP contribution in [0.15, 0.2) is 60.7 Å².